The Kier molecular flexibility index (Phi) is 9.06. The first-order chi connectivity index (χ1) is 13.2. The van der Waals surface area contributed by atoms with Crippen molar-refractivity contribution in [2.24, 2.45) is 5.92 Å². The van der Waals surface area contributed by atoms with Gasteiger partial charge in [-0.05, 0) is 24.8 Å². The Morgan fingerprint density at radius 3 is 2.71 bits per heavy atom. The average molecular weight is 410 g/mol. The molecule has 1 unspecified atom stereocenters. The fourth-order valence-corrected chi connectivity index (χ4v) is 4.22. The summed E-state index contributed by atoms with van der Waals surface area (Å²) in [5, 5.41) is 6.20. The van der Waals surface area contributed by atoms with Gasteiger partial charge < -0.3 is 20.3 Å². The van der Waals surface area contributed by atoms with E-state index >= 15 is 0 Å². The van der Waals surface area contributed by atoms with Crippen LogP contribution in [0.5, 0.6) is 5.75 Å². The first-order valence-corrected chi connectivity index (χ1v) is 10.1. The van der Waals surface area contributed by atoms with E-state index in [4.69, 9.17) is 4.74 Å². The minimum absolute atomic E-state index is 0. The van der Waals surface area contributed by atoms with E-state index in [2.05, 4.69) is 10.6 Å². The number of carbonyl (C=O) groups excluding carboxylic acids is 2. The van der Waals surface area contributed by atoms with E-state index in [9.17, 15) is 9.59 Å². The van der Waals surface area contributed by atoms with Gasteiger partial charge in [-0.15, -0.1) is 12.4 Å². The van der Waals surface area contributed by atoms with Crippen molar-refractivity contribution in [2.45, 2.75) is 44.6 Å². The van der Waals surface area contributed by atoms with Crippen molar-refractivity contribution >= 4 is 24.2 Å². The van der Waals surface area contributed by atoms with Crippen molar-refractivity contribution in [3.8, 4) is 5.75 Å². The zero-order valence-corrected chi connectivity index (χ0v) is 17.4. The fourth-order valence-electron chi connectivity index (χ4n) is 4.22. The number of hydrogen-bond donors (Lipinski definition) is 2. The standard InChI is InChI=1S/C21H31N3O3.ClH/c1-27-19-10-6-5-9-17(19)18-14-22-11-12-24(18)21(26)15-23-20(25)13-16-7-3-2-4-8-16;/h5-6,9-10,16,18,22H,2-4,7-8,11-15H2,1H3,(H,23,25);1H. The highest BCUT2D eigenvalue weighted by Crippen LogP contribution is 2.30. The average Bonchev–Trinajstić information content (AvgIpc) is 2.72. The van der Waals surface area contributed by atoms with Crippen LogP contribution in [0.3, 0.4) is 0 Å². The summed E-state index contributed by atoms with van der Waals surface area (Å²) < 4.78 is 5.47. The molecule has 1 aliphatic carbocycles. The second-order valence-electron chi connectivity index (χ2n) is 7.53. The molecule has 1 aromatic rings. The molecule has 0 spiro atoms. The molecule has 0 radical (unpaired) electrons. The number of ether oxygens (including phenoxy) is 1. The van der Waals surface area contributed by atoms with E-state index in [1.54, 1.807) is 7.11 Å². The Morgan fingerprint density at radius 2 is 1.96 bits per heavy atom. The zero-order valence-electron chi connectivity index (χ0n) is 16.6. The number of halogens is 1. The van der Waals surface area contributed by atoms with Crippen LogP contribution < -0.4 is 15.4 Å². The van der Waals surface area contributed by atoms with E-state index in [-0.39, 0.29) is 36.8 Å². The van der Waals surface area contributed by atoms with Crippen molar-refractivity contribution in [3.63, 3.8) is 0 Å². The summed E-state index contributed by atoms with van der Waals surface area (Å²) in [6.45, 7) is 2.13. The number of nitrogens with one attached hydrogen (secondary N) is 2. The van der Waals surface area contributed by atoms with E-state index in [1.807, 2.05) is 29.2 Å². The number of para-hydroxylation sites is 1. The highest BCUT2D eigenvalue weighted by Gasteiger charge is 2.30. The van der Waals surface area contributed by atoms with Gasteiger partial charge >= 0.3 is 0 Å². The van der Waals surface area contributed by atoms with Gasteiger partial charge in [0.15, 0.2) is 0 Å². The van der Waals surface area contributed by atoms with Gasteiger partial charge in [-0.2, -0.15) is 0 Å². The minimum Gasteiger partial charge on any atom is -0.496 e. The predicted octanol–water partition coefficient (Wildman–Crippen LogP) is 2.68. The van der Waals surface area contributed by atoms with Gasteiger partial charge in [0.05, 0.1) is 19.7 Å². The molecule has 1 atom stereocenters. The molecule has 0 bridgehead atoms. The molecule has 28 heavy (non-hydrogen) atoms. The van der Waals surface area contributed by atoms with Crippen LogP contribution in [0.2, 0.25) is 0 Å². The number of piperazine rings is 1. The summed E-state index contributed by atoms with van der Waals surface area (Å²) in [5.74, 6) is 1.23. The molecule has 6 nitrogen and oxygen atoms in total. The van der Waals surface area contributed by atoms with Gasteiger partial charge in [0.2, 0.25) is 11.8 Å². The Balaban J connectivity index is 0.00000280. The molecule has 2 aliphatic rings. The quantitative estimate of drug-likeness (QED) is 0.757. The smallest absolute Gasteiger partial charge is 0.242 e. The third-order valence-electron chi connectivity index (χ3n) is 5.70. The van der Waals surface area contributed by atoms with Crippen LogP contribution in [0.4, 0.5) is 0 Å². The second kappa shape index (κ2) is 11.3. The molecule has 1 aliphatic heterocycles. The number of carbonyl (C=O) groups is 2. The van der Waals surface area contributed by atoms with E-state index in [1.165, 1.54) is 19.3 Å². The van der Waals surface area contributed by atoms with Crippen LogP contribution in [0, 0.1) is 5.92 Å². The van der Waals surface area contributed by atoms with Crippen LogP contribution >= 0.6 is 12.4 Å². The van der Waals surface area contributed by atoms with Gasteiger partial charge in [0.25, 0.3) is 0 Å². The summed E-state index contributed by atoms with van der Waals surface area (Å²) in [6, 6.07) is 7.71. The van der Waals surface area contributed by atoms with Crippen molar-refractivity contribution in [1.82, 2.24) is 15.5 Å². The third kappa shape index (κ3) is 5.85. The van der Waals surface area contributed by atoms with Crippen LogP contribution in [0.1, 0.15) is 50.1 Å². The highest BCUT2D eigenvalue weighted by molar-refractivity contribution is 5.85. The van der Waals surface area contributed by atoms with E-state index < -0.39 is 0 Å². The molecule has 2 amide bonds. The first kappa shape index (κ1) is 22.5. The van der Waals surface area contributed by atoms with Gasteiger partial charge in [-0.1, -0.05) is 37.5 Å². The van der Waals surface area contributed by atoms with Crippen LogP contribution in [0.15, 0.2) is 24.3 Å². The van der Waals surface area contributed by atoms with Crippen molar-refractivity contribution < 1.29 is 14.3 Å². The fraction of sp³-hybridized carbons (Fsp3) is 0.619. The maximum atomic E-state index is 12.8. The van der Waals surface area contributed by atoms with Gasteiger partial charge in [-0.3, -0.25) is 9.59 Å². The lowest BCUT2D eigenvalue weighted by Crippen LogP contribution is -2.51. The third-order valence-corrected chi connectivity index (χ3v) is 5.70. The number of amides is 2. The molecule has 1 heterocycles. The first-order valence-electron chi connectivity index (χ1n) is 10.1. The van der Waals surface area contributed by atoms with Crippen molar-refractivity contribution in [3.05, 3.63) is 29.8 Å². The lowest BCUT2D eigenvalue weighted by molar-refractivity contribution is -0.136. The molecule has 7 heteroatoms. The SMILES string of the molecule is COc1ccccc1C1CNCCN1C(=O)CNC(=O)CC1CCCCC1.Cl. The largest absolute Gasteiger partial charge is 0.496 e. The molecule has 1 saturated heterocycles. The summed E-state index contributed by atoms with van der Waals surface area (Å²) >= 11 is 0. The van der Waals surface area contributed by atoms with Crippen LogP contribution in [-0.4, -0.2) is 50.0 Å². The Hall–Kier alpha value is -1.79. The van der Waals surface area contributed by atoms with Crippen molar-refractivity contribution in [2.75, 3.05) is 33.3 Å². The van der Waals surface area contributed by atoms with Gasteiger partial charge in [0.1, 0.15) is 5.75 Å². The topological polar surface area (TPSA) is 70.7 Å². The monoisotopic (exact) mass is 409 g/mol. The summed E-state index contributed by atoms with van der Waals surface area (Å²) in [4.78, 5) is 26.9. The van der Waals surface area contributed by atoms with E-state index in [0.717, 1.165) is 30.7 Å². The number of methoxy groups -OCH3 is 1. The van der Waals surface area contributed by atoms with Crippen LogP contribution in [0.25, 0.3) is 0 Å². The normalized spacial score (nSPS) is 20.2. The summed E-state index contributed by atoms with van der Waals surface area (Å²) in [7, 11) is 1.65. The molecule has 1 aromatic carbocycles. The molecule has 2 N–H and O–H groups in total. The maximum absolute atomic E-state index is 12.8. The Morgan fingerprint density at radius 1 is 1.21 bits per heavy atom. The highest BCUT2D eigenvalue weighted by atomic mass is 35.5. The lowest BCUT2D eigenvalue weighted by atomic mass is 9.87. The molecular weight excluding hydrogens is 378 g/mol. The van der Waals surface area contributed by atoms with Gasteiger partial charge in [0, 0.05) is 31.6 Å². The number of nitrogens with zero attached hydrogens (tertiary/aromatic N) is 1. The zero-order chi connectivity index (χ0) is 19.1. The maximum Gasteiger partial charge on any atom is 0.242 e. The number of hydrogen-bond acceptors (Lipinski definition) is 4. The molecule has 2 fully saturated rings. The molecular formula is C21H32ClN3O3. The summed E-state index contributed by atoms with van der Waals surface area (Å²) in [6.07, 6.45) is 6.54. The second-order valence-corrected chi connectivity index (χ2v) is 7.53. The molecule has 0 aromatic heterocycles. The molecule has 156 valence electrons. The Bertz CT molecular complexity index is 650. The lowest BCUT2D eigenvalue weighted by Gasteiger charge is -2.37. The number of benzene rings is 1. The Labute approximate surface area is 173 Å². The minimum atomic E-state index is -0.0855. The van der Waals surface area contributed by atoms with Crippen LogP contribution in [-0.2, 0) is 9.59 Å². The predicted molar refractivity (Wildman–Crippen MR) is 112 cm³/mol. The molecule has 3 rings (SSSR count). The van der Waals surface area contributed by atoms with Gasteiger partial charge in [-0.25, -0.2) is 0 Å². The van der Waals surface area contributed by atoms with E-state index in [0.29, 0.717) is 25.4 Å². The van der Waals surface area contributed by atoms with Crippen molar-refractivity contribution in [1.29, 1.82) is 0 Å². The molecule has 1 saturated carbocycles. The number of rotatable bonds is 6. The summed E-state index contributed by atoms with van der Waals surface area (Å²) in [5.41, 5.74) is 0.995.